The van der Waals surface area contributed by atoms with E-state index in [4.69, 9.17) is 11.6 Å². The van der Waals surface area contributed by atoms with E-state index in [1.807, 2.05) is 67.8 Å². The number of hydrogen-bond donors (Lipinski definition) is 1. The quantitative estimate of drug-likeness (QED) is 0.766. The standard InChI is InChI=1S/C18H18ClN3O/c1-11(2)18(23)21-17-16(13-5-4-6-14(19)10-13)20-15-9-12(3)7-8-22(15)17/h4-11H,1-3H3,(H,21,23). The summed E-state index contributed by atoms with van der Waals surface area (Å²) in [5.74, 6) is 0.509. The lowest BCUT2D eigenvalue weighted by Crippen LogP contribution is -2.19. The zero-order valence-electron chi connectivity index (χ0n) is 13.3. The molecule has 4 nitrogen and oxygen atoms in total. The van der Waals surface area contributed by atoms with Crippen LogP contribution in [0.4, 0.5) is 5.82 Å². The van der Waals surface area contributed by atoms with Gasteiger partial charge in [-0.25, -0.2) is 4.98 Å². The molecule has 1 aromatic carbocycles. The van der Waals surface area contributed by atoms with E-state index in [-0.39, 0.29) is 11.8 Å². The number of rotatable bonds is 3. The van der Waals surface area contributed by atoms with Crippen molar-refractivity contribution in [1.29, 1.82) is 0 Å². The maximum atomic E-state index is 12.2. The number of nitrogens with zero attached hydrogens (tertiary/aromatic N) is 2. The molecule has 3 aromatic rings. The first kappa shape index (κ1) is 15.6. The molecule has 0 aliphatic rings. The molecule has 0 saturated heterocycles. The Hall–Kier alpha value is -2.33. The molecule has 0 fully saturated rings. The van der Waals surface area contributed by atoms with Crippen molar-refractivity contribution in [1.82, 2.24) is 9.38 Å². The molecular formula is C18H18ClN3O. The normalized spacial score (nSPS) is 11.2. The molecule has 2 aromatic heterocycles. The van der Waals surface area contributed by atoms with Crippen LogP contribution in [0.3, 0.4) is 0 Å². The van der Waals surface area contributed by atoms with Crippen molar-refractivity contribution in [3.63, 3.8) is 0 Å². The van der Waals surface area contributed by atoms with Crippen LogP contribution >= 0.6 is 11.6 Å². The number of halogens is 1. The van der Waals surface area contributed by atoms with Gasteiger partial charge in [0.2, 0.25) is 5.91 Å². The molecule has 0 atom stereocenters. The Labute approximate surface area is 140 Å². The Morgan fingerprint density at radius 2 is 2.04 bits per heavy atom. The van der Waals surface area contributed by atoms with Gasteiger partial charge in [-0.05, 0) is 36.8 Å². The van der Waals surface area contributed by atoms with Crippen molar-refractivity contribution >= 4 is 29.0 Å². The van der Waals surface area contributed by atoms with Crippen molar-refractivity contribution in [2.24, 2.45) is 5.92 Å². The molecule has 23 heavy (non-hydrogen) atoms. The van der Waals surface area contributed by atoms with Gasteiger partial charge in [0.1, 0.15) is 17.2 Å². The van der Waals surface area contributed by atoms with Crippen LogP contribution in [-0.4, -0.2) is 15.3 Å². The monoisotopic (exact) mass is 327 g/mol. The maximum absolute atomic E-state index is 12.2. The molecule has 0 aliphatic carbocycles. The molecule has 0 saturated carbocycles. The molecule has 3 rings (SSSR count). The summed E-state index contributed by atoms with van der Waals surface area (Å²) in [6.07, 6.45) is 1.92. The zero-order chi connectivity index (χ0) is 16.6. The summed E-state index contributed by atoms with van der Waals surface area (Å²) in [6, 6.07) is 11.5. The Morgan fingerprint density at radius 3 is 2.74 bits per heavy atom. The van der Waals surface area contributed by atoms with E-state index in [1.54, 1.807) is 0 Å². The summed E-state index contributed by atoms with van der Waals surface area (Å²) in [6.45, 7) is 5.74. The Balaban J connectivity index is 2.21. The predicted octanol–water partition coefficient (Wildman–Crippen LogP) is 4.56. The fraction of sp³-hybridized carbons (Fsp3) is 0.222. The van der Waals surface area contributed by atoms with Crippen LogP contribution in [0.1, 0.15) is 19.4 Å². The average Bonchev–Trinajstić information content (AvgIpc) is 2.85. The summed E-state index contributed by atoms with van der Waals surface area (Å²) >= 11 is 6.11. The van der Waals surface area contributed by atoms with Crippen LogP contribution < -0.4 is 5.32 Å². The summed E-state index contributed by atoms with van der Waals surface area (Å²) < 4.78 is 1.89. The SMILES string of the molecule is Cc1ccn2c(NC(=O)C(C)C)c(-c3cccc(Cl)c3)nc2c1. The summed E-state index contributed by atoms with van der Waals surface area (Å²) in [4.78, 5) is 16.9. The highest BCUT2D eigenvalue weighted by Crippen LogP contribution is 2.30. The minimum Gasteiger partial charge on any atom is -0.310 e. The van der Waals surface area contributed by atoms with Gasteiger partial charge in [0.15, 0.2) is 0 Å². The van der Waals surface area contributed by atoms with Crippen molar-refractivity contribution in [2.75, 3.05) is 5.32 Å². The largest absolute Gasteiger partial charge is 0.310 e. The fourth-order valence-electron chi connectivity index (χ4n) is 2.36. The summed E-state index contributed by atoms with van der Waals surface area (Å²) in [7, 11) is 0. The Kier molecular flexibility index (Phi) is 4.09. The second kappa shape index (κ2) is 6.05. The van der Waals surface area contributed by atoms with Gasteiger partial charge in [0, 0.05) is 22.7 Å². The van der Waals surface area contributed by atoms with Gasteiger partial charge >= 0.3 is 0 Å². The van der Waals surface area contributed by atoms with Crippen LogP contribution in [-0.2, 0) is 4.79 Å². The molecule has 0 spiro atoms. The topological polar surface area (TPSA) is 46.4 Å². The number of pyridine rings is 1. The smallest absolute Gasteiger partial charge is 0.228 e. The Bertz CT molecular complexity index is 883. The number of aromatic nitrogens is 2. The summed E-state index contributed by atoms with van der Waals surface area (Å²) in [5, 5.41) is 3.62. The van der Waals surface area contributed by atoms with Gasteiger partial charge in [-0.2, -0.15) is 0 Å². The molecule has 0 aliphatic heterocycles. The number of hydrogen-bond acceptors (Lipinski definition) is 2. The lowest BCUT2D eigenvalue weighted by Gasteiger charge is -2.10. The minimum atomic E-state index is -0.113. The third kappa shape index (κ3) is 3.08. The van der Waals surface area contributed by atoms with Gasteiger partial charge in [-0.15, -0.1) is 0 Å². The van der Waals surface area contributed by atoms with Crippen molar-refractivity contribution < 1.29 is 4.79 Å². The van der Waals surface area contributed by atoms with E-state index in [2.05, 4.69) is 10.3 Å². The minimum absolute atomic E-state index is 0.0457. The first-order valence-electron chi connectivity index (χ1n) is 7.51. The summed E-state index contributed by atoms with van der Waals surface area (Å²) in [5.41, 5.74) is 3.49. The van der Waals surface area contributed by atoms with E-state index in [0.29, 0.717) is 16.5 Å². The van der Waals surface area contributed by atoms with Gasteiger partial charge in [0.25, 0.3) is 0 Å². The van der Waals surface area contributed by atoms with E-state index in [0.717, 1.165) is 16.8 Å². The number of aryl methyl sites for hydroxylation is 1. The third-order valence-electron chi connectivity index (χ3n) is 3.65. The lowest BCUT2D eigenvalue weighted by molar-refractivity contribution is -0.118. The molecule has 0 radical (unpaired) electrons. The van der Waals surface area contributed by atoms with E-state index in [9.17, 15) is 4.79 Å². The van der Waals surface area contributed by atoms with Crippen molar-refractivity contribution in [2.45, 2.75) is 20.8 Å². The van der Waals surface area contributed by atoms with E-state index < -0.39 is 0 Å². The number of carbonyl (C=O) groups excluding carboxylic acids is 1. The molecule has 1 N–H and O–H groups in total. The van der Waals surface area contributed by atoms with Crippen molar-refractivity contribution in [3.05, 3.63) is 53.2 Å². The number of fused-ring (bicyclic) bond motifs is 1. The van der Waals surface area contributed by atoms with Gasteiger partial charge in [0.05, 0.1) is 0 Å². The third-order valence-corrected chi connectivity index (χ3v) is 3.88. The van der Waals surface area contributed by atoms with E-state index in [1.165, 1.54) is 0 Å². The van der Waals surface area contributed by atoms with Gasteiger partial charge in [-0.3, -0.25) is 9.20 Å². The highest BCUT2D eigenvalue weighted by molar-refractivity contribution is 6.30. The average molecular weight is 328 g/mol. The molecule has 1 amide bonds. The zero-order valence-corrected chi connectivity index (χ0v) is 14.1. The number of anilines is 1. The highest BCUT2D eigenvalue weighted by atomic mass is 35.5. The predicted molar refractivity (Wildman–Crippen MR) is 93.8 cm³/mol. The van der Waals surface area contributed by atoms with Crippen LogP contribution in [0.5, 0.6) is 0 Å². The number of amides is 1. The van der Waals surface area contributed by atoms with Crippen LogP contribution in [0, 0.1) is 12.8 Å². The Morgan fingerprint density at radius 1 is 1.26 bits per heavy atom. The first-order chi connectivity index (χ1) is 11.0. The second-order valence-electron chi connectivity index (χ2n) is 5.90. The molecule has 118 valence electrons. The molecule has 5 heteroatoms. The number of benzene rings is 1. The lowest BCUT2D eigenvalue weighted by atomic mass is 10.1. The first-order valence-corrected chi connectivity index (χ1v) is 7.89. The molecule has 0 bridgehead atoms. The van der Waals surface area contributed by atoms with Crippen LogP contribution in [0.15, 0.2) is 42.6 Å². The highest BCUT2D eigenvalue weighted by Gasteiger charge is 2.18. The second-order valence-corrected chi connectivity index (χ2v) is 6.33. The molecular weight excluding hydrogens is 310 g/mol. The maximum Gasteiger partial charge on any atom is 0.228 e. The number of nitrogens with one attached hydrogen (secondary N) is 1. The van der Waals surface area contributed by atoms with E-state index >= 15 is 0 Å². The van der Waals surface area contributed by atoms with Crippen molar-refractivity contribution in [3.8, 4) is 11.3 Å². The fourth-order valence-corrected chi connectivity index (χ4v) is 2.55. The van der Waals surface area contributed by atoms with Crippen LogP contribution in [0.2, 0.25) is 5.02 Å². The molecule has 2 heterocycles. The number of carbonyl (C=O) groups is 1. The van der Waals surface area contributed by atoms with Crippen LogP contribution in [0.25, 0.3) is 16.9 Å². The number of imidazole rings is 1. The molecule has 0 unspecified atom stereocenters. The van der Waals surface area contributed by atoms with Gasteiger partial charge in [-0.1, -0.05) is 37.6 Å². The van der Waals surface area contributed by atoms with Gasteiger partial charge < -0.3 is 5.32 Å².